The van der Waals surface area contributed by atoms with Gasteiger partial charge in [0.1, 0.15) is 0 Å². The minimum Gasteiger partial charge on any atom is -0.449 e. The van der Waals surface area contributed by atoms with E-state index in [9.17, 15) is 0 Å². The van der Waals surface area contributed by atoms with Crippen molar-refractivity contribution in [3.8, 4) is 0 Å². The van der Waals surface area contributed by atoms with Crippen LogP contribution in [0.1, 0.15) is 0 Å². The minimum absolute atomic E-state index is 0.113. The SMILES string of the molecule is OBc1c(Cl)cccc1Cl. The Bertz CT molecular complexity index is 219. The highest BCUT2D eigenvalue weighted by atomic mass is 35.5. The van der Waals surface area contributed by atoms with Gasteiger partial charge in [-0.1, -0.05) is 29.3 Å². The molecule has 1 aromatic rings. The largest absolute Gasteiger partial charge is 0.449 e. The maximum Gasteiger partial charge on any atom is 0.307 e. The fourth-order valence-corrected chi connectivity index (χ4v) is 1.20. The summed E-state index contributed by atoms with van der Waals surface area (Å²) in [5.41, 5.74) is 0.589. The fourth-order valence-electron chi connectivity index (χ4n) is 0.683. The smallest absolute Gasteiger partial charge is 0.307 e. The summed E-state index contributed by atoms with van der Waals surface area (Å²) in [6.07, 6.45) is 0. The third-order valence-electron chi connectivity index (χ3n) is 1.22. The molecule has 4 heteroatoms. The van der Waals surface area contributed by atoms with Gasteiger partial charge in [-0.05, 0) is 17.6 Å². The van der Waals surface area contributed by atoms with Crippen LogP contribution in [0.3, 0.4) is 0 Å². The number of rotatable bonds is 1. The van der Waals surface area contributed by atoms with Crippen molar-refractivity contribution in [2.24, 2.45) is 0 Å². The first-order chi connectivity index (χ1) is 4.75. The van der Waals surface area contributed by atoms with Crippen LogP contribution >= 0.6 is 23.2 Å². The average Bonchev–Trinajstić information content (AvgIpc) is 1.88. The topological polar surface area (TPSA) is 20.2 Å². The van der Waals surface area contributed by atoms with Crippen LogP contribution in [0.4, 0.5) is 0 Å². The van der Waals surface area contributed by atoms with Gasteiger partial charge < -0.3 is 5.02 Å². The van der Waals surface area contributed by atoms with E-state index >= 15 is 0 Å². The number of halogens is 2. The molecule has 0 bridgehead atoms. The van der Waals surface area contributed by atoms with Gasteiger partial charge in [0.25, 0.3) is 0 Å². The molecule has 0 aliphatic carbocycles. The molecule has 0 radical (unpaired) electrons. The third-order valence-corrected chi connectivity index (χ3v) is 1.93. The van der Waals surface area contributed by atoms with Gasteiger partial charge in [-0.15, -0.1) is 0 Å². The van der Waals surface area contributed by atoms with Gasteiger partial charge in [0.2, 0.25) is 0 Å². The number of hydrogen-bond donors (Lipinski definition) is 1. The lowest BCUT2D eigenvalue weighted by Crippen LogP contribution is -2.15. The molecule has 0 aliphatic rings. The van der Waals surface area contributed by atoms with Crippen molar-refractivity contribution in [2.45, 2.75) is 0 Å². The van der Waals surface area contributed by atoms with Crippen molar-refractivity contribution in [1.29, 1.82) is 0 Å². The minimum atomic E-state index is -0.113. The van der Waals surface area contributed by atoms with Crippen LogP contribution < -0.4 is 5.46 Å². The van der Waals surface area contributed by atoms with E-state index in [4.69, 9.17) is 28.2 Å². The first-order valence-corrected chi connectivity index (χ1v) is 3.55. The predicted molar refractivity (Wildman–Crippen MR) is 45.5 cm³/mol. The zero-order chi connectivity index (χ0) is 7.56. The summed E-state index contributed by atoms with van der Waals surface area (Å²) < 4.78 is 0. The van der Waals surface area contributed by atoms with E-state index in [1.165, 1.54) is 0 Å². The molecule has 0 heterocycles. The lowest BCUT2D eigenvalue weighted by Gasteiger charge is -1.99. The first-order valence-electron chi connectivity index (χ1n) is 2.79. The summed E-state index contributed by atoms with van der Waals surface area (Å²) >= 11 is 11.4. The Balaban J connectivity index is 3.17. The fraction of sp³-hybridized carbons (Fsp3) is 0. The van der Waals surface area contributed by atoms with Crippen LogP contribution in [0.15, 0.2) is 18.2 Å². The summed E-state index contributed by atoms with van der Waals surface area (Å²) in [5.74, 6) is 0. The van der Waals surface area contributed by atoms with Gasteiger partial charge in [0.05, 0.1) is 0 Å². The van der Waals surface area contributed by atoms with Crippen molar-refractivity contribution in [3.05, 3.63) is 28.2 Å². The Hall–Kier alpha value is -0.175. The van der Waals surface area contributed by atoms with Crippen LogP contribution in [0.25, 0.3) is 0 Å². The second-order valence-corrected chi connectivity index (χ2v) is 2.67. The molecular weight excluding hydrogens is 170 g/mol. The standard InChI is InChI=1S/C6H5BCl2O/c8-4-2-1-3-5(9)6(4)7-10/h1-3,7,10H. The highest BCUT2D eigenvalue weighted by Gasteiger charge is 2.03. The molecule has 1 aromatic carbocycles. The molecule has 0 saturated heterocycles. The van der Waals surface area contributed by atoms with Crippen molar-refractivity contribution < 1.29 is 5.02 Å². The normalized spacial score (nSPS) is 9.50. The molecule has 0 amide bonds. The Kier molecular flexibility index (Phi) is 2.60. The van der Waals surface area contributed by atoms with Crippen LogP contribution in [0.5, 0.6) is 0 Å². The van der Waals surface area contributed by atoms with E-state index in [1.54, 1.807) is 18.2 Å². The maximum absolute atomic E-state index is 8.73. The van der Waals surface area contributed by atoms with E-state index in [0.29, 0.717) is 15.5 Å². The molecule has 0 unspecified atom stereocenters. The quantitative estimate of drug-likeness (QED) is 0.630. The summed E-state index contributed by atoms with van der Waals surface area (Å²) in [6, 6.07) is 5.13. The van der Waals surface area contributed by atoms with E-state index in [0.717, 1.165) is 0 Å². The molecule has 1 nitrogen and oxygen atoms in total. The molecule has 1 rings (SSSR count). The zero-order valence-electron chi connectivity index (χ0n) is 5.14. The summed E-state index contributed by atoms with van der Waals surface area (Å²) in [7, 11) is -0.113. The van der Waals surface area contributed by atoms with Crippen molar-refractivity contribution in [2.75, 3.05) is 0 Å². The van der Waals surface area contributed by atoms with Gasteiger partial charge >= 0.3 is 7.48 Å². The highest BCUT2D eigenvalue weighted by Crippen LogP contribution is 2.11. The second kappa shape index (κ2) is 3.29. The van der Waals surface area contributed by atoms with Gasteiger partial charge in [0.15, 0.2) is 0 Å². The molecular formula is C6H5BCl2O. The Morgan fingerprint density at radius 3 is 2.00 bits per heavy atom. The lowest BCUT2D eigenvalue weighted by atomic mass is 9.89. The van der Waals surface area contributed by atoms with Crippen LogP contribution in [0.2, 0.25) is 10.0 Å². The molecule has 0 saturated carbocycles. The van der Waals surface area contributed by atoms with E-state index in [-0.39, 0.29) is 7.48 Å². The van der Waals surface area contributed by atoms with Crippen molar-refractivity contribution in [1.82, 2.24) is 0 Å². The van der Waals surface area contributed by atoms with Gasteiger partial charge in [-0.3, -0.25) is 0 Å². The summed E-state index contributed by atoms with van der Waals surface area (Å²) in [6.45, 7) is 0. The molecule has 0 fully saturated rings. The molecule has 10 heavy (non-hydrogen) atoms. The lowest BCUT2D eigenvalue weighted by molar-refractivity contribution is 0.615. The Morgan fingerprint density at radius 2 is 1.70 bits per heavy atom. The molecule has 0 aliphatic heterocycles. The van der Waals surface area contributed by atoms with E-state index in [1.807, 2.05) is 0 Å². The van der Waals surface area contributed by atoms with Crippen molar-refractivity contribution >= 4 is 36.1 Å². The molecule has 0 aromatic heterocycles. The van der Waals surface area contributed by atoms with Gasteiger partial charge in [-0.2, -0.15) is 0 Å². The van der Waals surface area contributed by atoms with Gasteiger partial charge in [0, 0.05) is 10.0 Å². The molecule has 52 valence electrons. The number of benzene rings is 1. The second-order valence-electron chi connectivity index (χ2n) is 1.86. The van der Waals surface area contributed by atoms with Crippen LogP contribution in [-0.2, 0) is 0 Å². The van der Waals surface area contributed by atoms with E-state index in [2.05, 4.69) is 0 Å². The van der Waals surface area contributed by atoms with E-state index < -0.39 is 0 Å². The third kappa shape index (κ3) is 1.46. The zero-order valence-corrected chi connectivity index (χ0v) is 6.65. The van der Waals surface area contributed by atoms with Crippen LogP contribution in [-0.4, -0.2) is 12.5 Å². The maximum atomic E-state index is 8.73. The van der Waals surface area contributed by atoms with Crippen molar-refractivity contribution in [3.63, 3.8) is 0 Å². The number of hydrogen-bond acceptors (Lipinski definition) is 1. The monoisotopic (exact) mass is 174 g/mol. The highest BCUT2D eigenvalue weighted by molar-refractivity contribution is 6.57. The molecule has 0 atom stereocenters. The van der Waals surface area contributed by atoms with Crippen LogP contribution in [0, 0.1) is 0 Å². The summed E-state index contributed by atoms with van der Waals surface area (Å²) in [5, 5.41) is 9.75. The van der Waals surface area contributed by atoms with Gasteiger partial charge in [-0.25, -0.2) is 0 Å². The summed E-state index contributed by atoms with van der Waals surface area (Å²) in [4.78, 5) is 0. The Morgan fingerprint density at radius 1 is 1.20 bits per heavy atom. The molecule has 1 N–H and O–H groups in total. The Labute approximate surface area is 69.9 Å². The average molecular weight is 175 g/mol. The molecule has 0 spiro atoms. The predicted octanol–water partition coefficient (Wildman–Crippen LogP) is 0.962. The first kappa shape index (κ1) is 7.93.